The number of methoxy groups -OCH3 is 2. The van der Waals surface area contributed by atoms with Gasteiger partial charge in [0.05, 0.1) is 33.0 Å². The number of anilines is 1. The van der Waals surface area contributed by atoms with Crippen LogP contribution in [-0.2, 0) is 11.3 Å². The minimum Gasteiger partial charge on any atom is -0.493 e. The van der Waals surface area contributed by atoms with Crippen molar-refractivity contribution in [2.75, 3.05) is 52.8 Å². The van der Waals surface area contributed by atoms with E-state index in [-0.39, 0.29) is 0 Å². The molecule has 2 heterocycles. The minimum atomic E-state index is 0.473. The van der Waals surface area contributed by atoms with E-state index in [0.29, 0.717) is 34.1 Å². The van der Waals surface area contributed by atoms with E-state index in [1.165, 1.54) is 0 Å². The lowest BCUT2D eigenvalue weighted by molar-refractivity contribution is 0.0364. The molecule has 130 valence electrons. The first-order valence-electron chi connectivity index (χ1n) is 7.86. The van der Waals surface area contributed by atoms with Crippen LogP contribution < -0.4 is 15.2 Å². The Hall–Kier alpha value is -1.90. The van der Waals surface area contributed by atoms with Crippen LogP contribution in [0.15, 0.2) is 12.1 Å². The molecule has 24 heavy (non-hydrogen) atoms. The average molecular weight is 350 g/mol. The van der Waals surface area contributed by atoms with E-state index in [1.54, 1.807) is 20.3 Å². The normalized spacial score (nSPS) is 15.6. The van der Waals surface area contributed by atoms with Crippen molar-refractivity contribution >= 4 is 28.9 Å². The maximum atomic E-state index is 6.37. The van der Waals surface area contributed by atoms with E-state index >= 15 is 0 Å². The Labute approximate surface area is 145 Å². The summed E-state index contributed by atoms with van der Waals surface area (Å²) in [5, 5.41) is 0.809. The molecule has 1 fully saturated rings. The van der Waals surface area contributed by atoms with Crippen LogP contribution in [0.3, 0.4) is 0 Å². The van der Waals surface area contributed by atoms with Gasteiger partial charge >= 0.3 is 0 Å². The summed E-state index contributed by atoms with van der Waals surface area (Å²) in [6.07, 6.45) is 0. The molecule has 0 saturated carbocycles. The van der Waals surface area contributed by atoms with Gasteiger partial charge in [-0.2, -0.15) is 0 Å². The molecule has 1 saturated heterocycles. The number of hydrogen-bond acceptors (Lipinski definition) is 7. The zero-order valence-corrected chi connectivity index (χ0v) is 14.8. The first-order chi connectivity index (χ1) is 11.6. The Morgan fingerprint density at radius 3 is 2.50 bits per heavy atom. The van der Waals surface area contributed by atoms with Crippen molar-refractivity contribution in [2.45, 2.75) is 6.54 Å². The summed E-state index contributed by atoms with van der Waals surface area (Å²) < 4.78 is 18.4. The van der Waals surface area contributed by atoms with Crippen LogP contribution in [0.5, 0.6) is 11.5 Å². The molecule has 0 aliphatic carbocycles. The van der Waals surface area contributed by atoms with Gasteiger partial charge in [0, 0.05) is 37.6 Å². The summed E-state index contributed by atoms with van der Waals surface area (Å²) in [4.78, 5) is 6.84. The van der Waals surface area contributed by atoms with E-state index in [0.717, 1.165) is 38.2 Å². The topological polar surface area (TPSA) is 74.8 Å². The number of nitrogens with zero attached hydrogens (tertiary/aromatic N) is 3. The summed E-state index contributed by atoms with van der Waals surface area (Å²) in [6.45, 7) is 4.96. The molecule has 8 heteroatoms. The standard InChI is InChI=1S/C16H22N4O3S/c1-21-13-9-11-12(10-14(13)22-2)18-16(24)20(15(11)17)4-3-19-5-7-23-8-6-19/h9-10H,3-8,17H2,1-2H3. The smallest absolute Gasteiger partial charge is 0.201 e. The van der Waals surface area contributed by atoms with Crippen LogP contribution in [0.25, 0.3) is 10.9 Å². The summed E-state index contributed by atoms with van der Waals surface area (Å²) in [6, 6.07) is 3.64. The molecular weight excluding hydrogens is 328 g/mol. The average Bonchev–Trinajstić information content (AvgIpc) is 2.61. The van der Waals surface area contributed by atoms with Gasteiger partial charge in [0.2, 0.25) is 4.77 Å². The first-order valence-corrected chi connectivity index (χ1v) is 8.27. The molecule has 1 aromatic heterocycles. The number of ether oxygens (including phenoxy) is 3. The van der Waals surface area contributed by atoms with Crippen molar-refractivity contribution in [1.29, 1.82) is 0 Å². The number of nitrogen functional groups attached to an aromatic ring is 1. The highest BCUT2D eigenvalue weighted by atomic mass is 32.1. The second-order valence-corrected chi connectivity index (χ2v) is 5.97. The van der Waals surface area contributed by atoms with Gasteiger partial charge in [-0.1, -0.05) is 0 Å². The maximum absolute atomic E-state index is 6.37. The van der Waals surface area contributed by atoms with Crippen LogP contribution in [0, 0.1) is 4.77 Å². The Morgan fingerprint density at radius 1 is 1.17 bits per heavy atom. The minimum absolute atomic E-state index is 0.473. The van der Waals surface area contributed by atoms with E-state index < -0.39 is 0 Å². The molecule has 0 amide bonds. The second-order valence-electron chi connectivity index (χ2n) is 5.61. The Balaban J connectivity index is 1.94. The van der Waals surface area contributed by atoms with E-state index in [2.05, 4.69) is 9.88 Å². The number of rotatable bonds is 5. The van der Waals surface area contributed by atoms with E-state index in [9.17, 15) is 0 Å². The third-order valence-corrected chi connectivity index (χ3v) is 4.57. The number of nitrogens with two attached hydrogens (primary N) is 1. The van der Waals surface area contributed by atoms with Gasteiger partial charge in [-0.3, -0.25) is 4.90 Å². The van der Waals surface area contributed by atoms with Crippen molar-refractivity contribution in [2.24, 2.45) is 0 Å². The van der Waals surface area contributed by atoms with Crippen LogP contribution in [-0.4, -0.2) is 61.5 Å². The predicted octanol–water partition coefficient (Wildman–Crippen LogP) is 1.70. The number of hydrogen-bond donors (Lipinski definition) is 1. The van der Waals surface area contributed by atoms with Gasteiger partial charge in [-0.15, -0.1) is 0 Å². The number of fused-ring (bicyclic) bond motifs is 1. The van der Waals surface area contributed by atoms with Gasteiger partial charge < -0.3 is 24.5 Å². The van der Waals surface area contributed by atoms with Crippen molar-refractivity contribution in [3.63, 3.8) is 0 Å². The highest BCUT2D eigenvalue weighted by molar-refractivity contribution is 7.71. The summed E-state index contributed by atoms with van der Waals surface area (Å²) >= 11 is 5.43. The van der Waals surface area contributed by atoms with E-state index in [4.69, 9.17) is 32.2 Å². The van der Waals surface area contributed by atoms with Crippen molar-refractivity contribution < 1.29 is 14.2 Å². The molecular formula is C16H22N4O3S. The van der Waals surface area contributed by atoms with Crippen LogP contribution in [0.1, 0.15) is 0 Å². The quantitative estimate of drug-likeness (QED) is 0.823. The number of aromatic nitrogens is 2. The lowest BCUT2D eigenvalue weighted by Gasteiger charge is -2.27. The van der Waals surface area contributed by atoms with Gasteiger partial charge in [0.15, 0.2) is 11.5 Å². The third kappa shape index (κ3) is 3.31. The van der Waals surface area contributed by atoms with Gasteiger partial charge in [0.1, 0.15) is 5.82 Å². The molecule has 7 nitrogen and oxygen atoms in total. The molecule has 0 spiro atoms. The fourth-order valence-electron chi connectivity index (χ4n) is 2.86. The molecule has 1 aliphatic rings. The monoisotopic (exact) mass is 350 g/mol. The van der Waals surface area contributed by atoms with Crippen molar-refractivity contribution in [1.82, 2.24) is 14.5 Å². The molecule has 3 rings (SSSR count). The fraction of sp³-hybridized carbons (Fsp3) is 0.500. The maximum Gasteiger partial charge on any atom is 0.201 e. The Morgan fingerprint density at radius 2 is 1.83 bits per heavy atom. The fourth-order valence-corrected chi connectivity index (χ4v) is 3.15. The molecule has 0 unspecified atom stereocenters. The SMILES string of the molecule is COc1cc2nc(=S)n(CCN3CCOCC3)c(N)c2cc1OC. The summed E-state index contributed by atoms with van der Waals surface area (Å²) in [5.74, 6) is 1.83. The van der Waals surface area contributed by atoms with Gasteiger partial charge in [-0.25, -0.2) is 4.98 Å². The zero-order chi connectivity index (χ0) is 17.1. The van der Waals surface area contributed by atoms with Crippen LogP contribution >= 0.6 is 12.2 Å². The molecule has 0 radical (unpaired) electrons. The molecule has 0 atom stereocenters. The highest BCUT2D eigenvalue weighted by Gasteiger charge is 2.14. The van der Waals surface area contributed by atoms with Crippen molar-refractivity contribution in [3.05, 3.63) is 16.9 Å². The molecule has 2 aromatic rings. The van der Waals surface area contributed by atoms with Crippen LogP contribution in [0.4, 0.5) is 5.82 Å². The molecule has 2 N–H and O–H groups in total. The Kier molecular flexibility index (Phi) is 5.17. The lowest BCUT2D eigenvalue weighted by atomic mass is 10.2. The van der Waals surface area contributed by atoms with Gasteiger partial charge in [0.25, 0.3) is 0 Å². The molecule has 1 aliphatic heterocycles. The number of benzene rings is 1. The first kappa shape index (κ1) is 16.9. The predicted molar refractivity (Wildman–Crippen MR) is 95.3 cm³/mol. The lowest BCUT2D eigenvalue weighted by Crippen LogP contribution is -2.38. The van der Waals surface area contributed by atoms with Crippen LogP contribution in [0.2, 0.25) is 0 Å². The van der Waals surface area contributed by atoms with Gasteiger partial charge in [-0.05, 0) is 18.3 Å². The number of morpholine rings is 1. The molecule has 0 bridgehead atoms. The third-order valence-electron chi connectivity index (χ3n) is 4.26. The second kappa shape index (κ2) is 7.33. The van der Waals surface area contributed by atoms with E-state index in [1.807, 2.05) is 10.6 Å². The highest BCUT2D eigenvalue weighted by Crippen LogP contribution is 2.33. The molecule has 1 aromatic carbocycles. The Bertz CT molecular complexity index is 787. The summed E-state index contributed by atoms with van der Waals surface area (Å²) in [7, 11) is 3.19. The van der Waals surface area contributed by atoms with Crippen molar-refractivity contribution in [3.8, 4) is 11.5 Å². The zero-order valence-electron chi connectivity index (χ0n) is 13.9. The summed E-state index contributed by atoms with van der Waals surface area (Å²) in [5.41, 5.74) is 7.07. The largest absolute Gasteiger partial charge is 0.493 e.